The van der Waals surface area contributed by atoms with Crippen molar-refractivity contribution in [1.82, 2.24) is 0 Å². The first-order chi connectivity index (χ1) is 4.92. The lowest BCUT2D eigenvalue weighted by Gasteiger charge is -2.40. The van der Waals surface area contributed by atoms with E-state index >= 15 is 0 Å². The van der Waals surface area contributed by atoms with Gasteiger partial charge in [0.2, 0.25) is 0 Å². The van der Waals surface area contributed by atoms with Gasteiger partial charge in [0.1, 0.15) is 6.04 Å². The quantitative estimate of drug-likeness (QED) is 0.402. The highest BCUT2D eigenvalue weighted by molar-refractivity contribution is 5.08. The highest BCUT2D eigenvalue weighted by Crippen LogP contribution is 2.43. The van der Waals surface area contributed by atoms with Gasteiger partial charge in [0.05, 0.1) is 0 Å². The van der Waals surface area contributed by atoms with Crippen LogP contribution in [-0.4, -0.2) is 6.04 Å². The van der Waals surface area contributed by atoms with Crippen LogP contribution in [0.3, 0.4) is 0 Å². The van der Waals surface area contributed by atoms with Crippen molar-refractivity contribution in [3.63, 3.8) is 0 Å². The van der Waals surface area contributed by atoms with E-state index in [1.54, 1.807) is 0 Å². The number of allylic oxidation sites excluding steroid dienone is 1. The zero-order valence-corrected chi connectivity index (χ0v) is 5.86. The zero-order chi connectivity index (χ0) is 6.97. The van der Waals surface area contributed by atoms with Gasteiger partial charge in [-0.05, 0) is 31.1 Å². The molecule has 3 unspecified atom stereocenters. The third kappa shape index (κ3) is 0.713. The number of hydrogen-bond acceptors (Lipinski definition) is 2. The van der Waals surface area contributed by atoms with Crippen LogP contribution in [0.4, 0.5) is 0 Å². The number of fused-ring (bicyclic) bond motifs is 1. The molecular formula is C8H11NO. The summed E-state index contributed by atoms with van der Waals surface area (Å²) in [5, 5.41) is 3.09. The van der Waals surface area contributed by atoms with Crippen LogP contribution < -0.4 is 0 Å². The highest BCUT2D eigenvalue weighted by Gasteiger charge is 2.37. The zero-order valence-electron chi connectivity index (χ0n) is 5.86. The van der Waals surface area contributed by atoms with Gasteiger partial charge in [-0.1, -0.05) is 17.3 Å². The number of nitroso groups, excluding NO2 is 1. The monoisotopic (exact) mass is 137 g/mol. The van der Waals surface area contributed by atoms with Crippen molar-refractivity contribution in [2.45, 2.75) is 25.3 Å². The van der Waals surface area contributed by atoms with Crippen molar-refractivity contribution in [3.05, 3.63) is 17.1 Å². The van der Waals surface area contributed by atoms with Gasteiger partial charge in [0, 0.05) is 0 Å². The van der Waals surface area contributed by atoms with Crippen LogP contribution in [0.2, 0.25) is 0 Å². The first kappa shape index (κ1) is 6.08. The maximum absolute atomic E-state index is 10.2. The van der Waals surface area contributed by atoms with Crippen LogP contribution in [0.25, 0.3) is 0 Å². The summed E-state index contributed by atoms with van der Waals surface area (Å²) >= 11 is 0. The van der Waals surface area contributed by atoms with Gasteiger partial charge in [-0.2, -0.15) is 4.91 Å². The Bertz CT molecular complexity index is 176. The summed E-state index contributed by atoms with van der Waals surface area (Å²) in [6, 6.07) is 0.00694. The number of nitrogens with zero attached hydrogens (tertiary/aromatic N) is 1. The fourth-order valence-corrected chi connectivity index (χ4v) is 1.99. The van der Waals surface area contributed by atoms with Gasteiger partial charge in [0.15, 0.2) is 0 Å². The van der Waals surface area contributed by atoms with Crippen molar-refractivity contribution in [1.29, 1.82) is 0 Å². The second-order valence-corrected chi connectivity index (χ2v) is 3.26. The Kier molecular flexibility index (Phi) is 1.33. The second kappa shape index (κ2) is 2.19. The van der Waals surface area contributed by atoms with E-state index in [4.69, 9.17) is 0 Å². The maximum Gasteiger partial charge on any atom is 0.113 e. The maximum atomic E-state index is 10.2. The van der Waals surface area contributed by atoms with Gasteiger partial charge < -0.3 is 0 Å². The van der Waals surface area contributed by atoms with Crippen molar-refractivity contribution in [3.8, 4) is 0 Å². The molecule has 2 aliphatic carbocycles. The molecule has 2 rings (SSSR count). The average molecular weight is 137 g/mol. The largest absolute Gasteiger partial charge is 0.150 e. The third-order valence-electron chi connectivity index (χ3n) is 2.81. The minimum absolute atomic E-state index is 0.00694. The molecule has 0 aromatic heterocycles. The number of rotatable bonds is 1. The smallest absolute Gasteiger partial charge is 0.113 e. The lowest BCUT2D eigenvalue weighted by Crippen LogP contribution is -2.35. The minimum Gasteiger partial charge on any atom is -0.150 e. The molecular weight excluding hydrogens is 126 g/mol. The lowest BCUT2D eigenvalue weighted by molar-refractivity contribution is 0.153. The highest BCUT2D eigenvalue weighted by atomic mass is 16.3. The molecule has 0 amide bonds. The molecule has 0 aromatic carbocycles. The average Bonchev–Trinajstić information content (AvgIpc) is 1.91. The van der Waals surface area contributed by atoms with Crippen LogP contribution in [0.5, 0.6) is 0 Å². The molecule has 3 atom stereocenters. The van der Waals surface area contributed by atoms with E-state index in [9.17, 15) is 4.91 Å². The Hall–Kier alpha value is -0.660. The van der Waals surface area contributed by atoms with E-state index in [0.717, 1.165) is 5.92 Å². The summed E-state index contributed by atoms with van der Waals surface area (Å²) in [4.78, 5) is 10.2. The summed E-state index contributed by atoms with van der Waals surface area (Å²) in [6.45, 7) is 0. The van der Waals surface area contributed by atoms with E-state index in [1.807, 2.05) is 6.08 Å². The molecule has 54 valence electrons. The van der Waals surface area contributed by atoms with Crippen molar-refractivity contribution in [2.24, 2.45) is 17.0 Å². The van der Waals surface area contributed by atoms with Crippen LogP contribution in [-0.2, 0) is 0 Å². The summed E-state index contributed by atoms with van der Waals surface area (Å²) in [6.07, 6.45) is 7.77. The van der Waals surface area contributed by atoms with Crippen LogP contribution >= 0.6 is 0 Å². The molecule has 2 aliphatic rings. The minimum atomic E-state index is 0.00694. The van der Waals surface area contributed by atoms with Gasteiger partial charge in [-0.15, -0.1) is 0 Å². The van der Waals surface area contributed by atoms with E-state index in [-0.39, 0.29) is 6.04 Å². The molecule has 0 aliphatic heterocycles. The summed E-state index contributed by atoms with van der Waals surface area (Å²) < 4.78 is 0. The number of hydrogen-bond donors (Lipinski definition) is 0. The summed E-state index contributed by atoms with van der Waals surface area (Å²) in [5.74, 6) is 1.38. The van der Waals surface area contributed by atoms with E-state index < -0.39 is 0 Å². The Balaban J connectivity index is 2.12. The van der Waals surface area contributed by atoms with Gasteiger partial charge in [-0.25, -0.2) is 0 Å². The fraction of sp³-hybridized carbons (Fsp3) is 0.750. The normalized spacial score (nSPS) is 43.8. The fourth-order valence-electron chi connectivity index (χ4n) is 1.99. The topological polar surface area (TPSA) is 29.4 Å². The third-order valence-corrected chi connectivity index (χ3v) is 2.81. The van der Waals surface area contributed by atoms with Crippen LogP contribution in [0.15, 0.2) is 17.3 Å². The van der Waals surface area contributed by atoms with Crippen LogP contribution in [0, 0.1) is 16.7 Å². The van der Waals surface area contributed by atoms with Crippen molar-refractivity contribution in [2.75, 3.05) is 0 Å². The SMILES string of the molecule is O=NC1C=CCC2CCC21. The molecule has 2 heteroatoms. The van der Waals surface area contributed by atoms with Crippen molar-refractivity contribution >= 4 is 0 Å². The molecule has 0 spiro atoms. The van der Waals surface area contributed by atoms with Crippen LogP contribution in [0.1, 0.15) is 19.3 Å². The Morgan fingerprint density at radius 3 is 2.80 bits per heavy atom. The Labute approximate surface area is 60.3 Å². The molecule has 2 nitrogen and oxygen atoms in total. The summed E-state index contributed by atoms with van der Waals surface area (Å²) in [5.41, 5.74) is 0. The molecule has 1 saturated carbocycles. The molecule has 0 heterocycles. The molecule has 0 aromatic rings. The molecule has 1 fully saturated rings. The second-order valence-electron chi connectivity index (χ2n) is 3.26. The summed E-state index contributed by atoms with van der Waals surface area (Å²) in [7, 11) is 0. The molecule has 0 N–H and O–H groups in total. The van der Waals surface area contributed by atoms with E-state index in [1.165, 1.54) is 19.3 Å². The lowest BCUT2D eigenvalue weighted by atomic mass is 9.66. The predicted molar refractivity (Wildman–Crippen MR) is 39.6 cm³/mol. The first-order valence-electron chi connectivity index (χ1n) is 3.91. The van der Waals surface area contributed by atoms with Crippen molar-refractivity contribution < 1.29 is 0 Å². The molecule has 0 bridgehead atoms. The van der Waals surface area contributed by atoms with Gasteiger partial charge in [0.25, 0.3) is 0 Å². The molecule has 0 radical (unpaired) electrons. The van der Waals surface area contributed by atoms with E-state index in [2.05, 4.69) is 11.3 Å². The van der Waals surface area contributed by atoms with Gasteiger partial charge >= 0.3 is 0 Å². The van der Waals surface area contributed by atoms with E-state index in [0.29, 0.717) is 5.92 Å². The molecule has 0 saturated heterocycles. The molecule has 10 heavy (non-hydrogen) atoms. The Morgan fingerprint density at radius 2 is 2.30 bits per heavy atom. The Morgan fingerprint density at radius 1 is 1.40 bits per heavy atom. The standard InChI is InChI=1S/C8H11NO/c10-9-8-3-1-2-6-4-5-7(6)8/h1,3,6-8H,2,4-5H2. The predicted octanol–water partition coefficient (Wildman–Crippen LogP) is 2.11. The van der Waals surface area contributed by atoms with Gasteiger partial charge in [-0.3, -0.25) is 0 Å². The first-order valence-corrected chi connectivity index (χ1v) is 3.91.